The highest BCUT2D eigenvalue weighted by atomic mass is 16.2. The molecular weight excluding hydrogens is 238 g/mol. The van der Waals surface area contributed by atoms with Gasteiger partial charge in [-0.2, -0.15) is 0 Å². The molecule has 0 spiro atoms. The Labute approximate surface area is 115 Å². The van der Waals surface area contributed by atoms with Crippen molar-refractivity contribution in [2.45, 2.75) is 26.3 Å². The number of piperazine rings is 1. The van der Waals surface area contributed by atoms with Gasteiger partial charge in [-0.15, -0.1) is 0 Å². The molecule has 0 radical (unpaired) electrons. The lowest BCUT2D eigenvalue weighted by Crippen LogP contribution is -2.58. The van der Waals surface area contributed by atoms with Crippen LogP contribution in [0.5, 0.6) is 0 Å². The largest absolute Gasteiger partial charge is 0.324 e. The van der Waals surface area contributed by atoms with Gasteiger partial charge in [-0.25, -0.2) is 0 Å². The summed E-state index contributed by atoms with van der Waals surface area (Å²) >= 11 is 0. The predicted octanol–water partition coefficient (Wildman–Crippen LogP) is 1.62. The van der Waals surface area contributed by atoms with Crippen molar-refractivity contribution in [1.29, 1.82) is 0 Å². The second-order valence-electron chi connectivity index (χ2n) is 5.62. The van der Waals surface area contributed by atoms with E-state index in [1.165, 1.54) is 0 Å². The lowest BCUT2D eigenvalue weighted by atomic mass is 10.00. The van der Waals surface area contributed by atoms with E-state index in [4.69, 9.17) is 0 Å². The average molecular weight is 261 g/mol. The number of nitrogens with one attached hydrogen (secondary N) is 2. The maximum atomic E-state index is 12.5. The smallest absolute Gasteiger partial charge is 0.244 e. The third-order valence-electron chi connectivity index (χ3n) is 3.74. The first-order valence-electron chi connectivity index (χ1n) is 6.84. The van der Waals surface area contributed by atoms with Crippen LogP contribution in [0.25, 0.3) is 0 Å². The second-order valence-corrected chi connectivity index (χ2v) is 5.62. The molecule has 0 aliphatic carbocycles. The highest BCUT2D eigenvalue weighted by molar-refractivity contribution is 5.97. The summed E-state index contributed by atoms with van der Waals surface area (Å²) in [6.07, 6.45) is 0. The summed E-state index contributed by atoms with van der Waals surface area (Å²) in [5, 5.41) is 6.33. The molecule has 19 heavy (non-hydrogen) atoms. The van der Waals surface area contributed by atoms with E-state index in [-0.39, 0.29) is 5.91 Å². The van der Waals surface area contributed by atoms with Crippen LogP contribution in [0.4, 0.5) is 5.69 Å². The van der Waals surface area contributed by atoms with E-state index in [0.717, 1.165) is 37.4 Å². The van der Waals surface area contributed by atoms with Gasteiger partial charge < -0.3 is 10.6 Å². The molecule has 1 fully saturated rings. The van der Waals surface area contributed by atoms with Crippen LogP contribution in [0.1, 0.15) is 19.4 Å². The zero-order valence-corrected chi connectivity index (χ0v) is 12.0. The third kappa shape index (κ3) is 3.33. The Morgan fingerprint density at radius 1 is 1.32 bits per heavy atom. The van der Waals surface area contributed by atoms with Crippen LogP contribution in [0.2, 0.25) is 0 Å². The van der Waals surface area contributed by atoms with Crippen molar-refractivity contribution in [3.8, 4) is 0 Å². The minimum Gasteiger partial charge on any atom is -0.324 e. The maximum absolute atomic E-state index is 12.5. The predicted molar refractivity (Wildman–Crippen MR) is 78.3 cm³/mol. The Morgan fingerprint density at radius 2 is 2.00 bits per heavy atom. The minimum atomic E-state index is -0.480. The van der Waals surface area contributed by atoms with E-state index in [0.29, 0.717) is 0 Å². The van der Waals surface area contributed by atoms with Gasteiger partial charge in [0.1, 0.15) is 0 Å². The number of amides is 1. The van der Waals surface area contributed by atoms with Crippen molar-refractivity contribution >= 4 is 11.6 Å². The molecule has 1 amide bonds. The van der Waals surface area contributed by atoms with Gasteiger partial charge in [0.15, 0.2) is 0 Å². The van der Waals surface area contributed by atoms with Crippen molar-refractivity contribution in [1.82, 2.24) is 10.2 Å². The Bertz CT molecular complexity index is 450. The summed E-state index contributed by atoms with van der Waals surface area (Å²) < 4.78 is 0. The Hall–Kier alpha value is -1.39. The van der Waals surface area contributed by atoms with E-state index in [2.05, 4.69) is 15.5 Å². The molecule has 1 aromatic rings. The van der Waals surface area contributed by atoms with E-state index < -0.39 is 5.54 Å². The van der Waals surface area contributed by atoms with Crippen molar-refractivity contribution in [3.63, 3.8) is 0 Å². The number of hydrogen-bond donors (Lipinski definition) is 2. The van der Waals surface area contributed by atoms with Crippen LogP contribution in [0.3, 0.4) is 0 Å². The first kappa shape index (κ1) is 14.0. The summed E-state index contributed by atoms with van der Waals surface area (Å²) in [5.74, 6) is 0.0556. The van der Waals surface area contributed by atoms with Crippen LogP contribution >= 0.6 is 0 Å². The summed E-state index contributed by atoms with van der Waals surface area (Å²) in [5.41, 5.74) is 1.54. The lowest BCUT2D eigenvalue weighted by Gasteiger charge is -2.39. The van der Waals surface area contributed by atoms with Gasteiger partial charge >= 0.3 is 0 Å². The van der Waals surface area contributed by atoms with Gasteiger partial charge in [0, 0.05) is 31.9 Å². The van der Waals surface area contributed by atoms with Crippen molar-refractivity contribution in [2.75, 3.05) is 31.5 Å². The lowest BCUT2D eigenvalue weighted by molar-refractivity contribution is -0.126. The number of benzene rings is 1. The molecule has 1 heterocycles. The number of aryl methyl sites for hydroxylation is 1. The molecule has 2 N–H and O–H groups in total. The molecule has 0 aromatic heterocycles. The minimum absolute atomic E-state index is 0.0556. The quantitative estimate of drug-likeness (QED) is 0.869. The highest BCUT2D eigenvalue weighted by Gasteiger charge is 2.35. The molecule has 1 aromatic carbocycles. The number of carbonyl (C=O) groups is 1. The SMILES string of the molecule is Cc1cccc(NC(=O)C(C)(C)N2CCNCC2)c1. The van der Waals surface area contributed by atoms with Crippen LogP contribution in [-0.2, 0) is 4.79 Å². The molecule has 2 rings (SSSR count). The molecule has 104 valence electrons. The zero-order chi connectivity index (χ0) is 13.9. The highest BCUT2D eigenvalue weighted by Crippen LogP contribution is 2.18. The molecule has 0 unspecified atom stereocenters. The van der Waals surface area contributed by atoms with Crippen molar-refractivity contribution in [3.05, 3.63) is 29.8 Å². The second kappa shape index (κ2) is 5.72. The zero-order valence-electron chi connectivity index (χ0n) is 12.0. The molecule has 1 saturated heterocycles. The van der Waals surface area contributed by atoms with Crippen molar-refractivity contribution < 1.29 is 4.79 Å². The monoisotopic (exact) mass is 261 g/mol. The van der Waals surface area contributed by atoms with Gasteiger partial charge in [0.2, 0.25) is 5.91 Å². The summed E-state index contributed by atoms with van der Waals surface area (Å²) in [7, 11) is 0. The van der Waals surface area contributed by atoms with Crippen LogP contribution < -0.4 is 10.6 Å². The van der Waals surface area contributed by atoms with Crippen LogP contribution in [0, 0.1) is 6.92 Å². The molecular formula is C15H23N3O. The fourth-order valence-corrected chi connectivity index (χ4v) is 2.37. The van der Waals surface area contributed by atoms with Crippen LogP contribution in [-0.4, -0.2) is 42.5 Å². The molecule has 0 bridgehead atoms. The third-order valence-corrected chi connectivity index (χ3v) is 3.74. The number of anilines is 1. The first-order valence-corrected chi connectivity index (χ1v) is 6.84. The Balaban J connectivity index is 2.05. The number of hydrogen-bond acceptors (Lipinski definition) is 3. The Kier molecular flexibility index (Phi) is 4.22. The molecule has 1 aliphatic rings. The number of nitrogens with zero attached hydrogens (tertiary/aromatic N) is 1. The van der Waals surface area contributed by atoms with E-state index >= 15 is 0 Å². The standard InChI is InChI=1S/C15H23N3O/c1-12-5-4-6-13(11-12)17-14(19)15(2,3)18-9-7-16-8-10-18/h4-6,11,16H,7-10H2,1-3H3,(H,17,19). The molecule has 4 nitrogen and oxygen atoms in total. The summed E-state index contributed by atoms with van der Waals surface area (Å²) in [6, 6.07) is 7.91. The van der Waals surface area contributed by atoms with E-state index in [9.17, 15) is 4.79 Å². The van der Waals surface area contributed by atoms with Gasteiger partial charge in [0.25, 0.3) is 0 Å². The molecule has 4 heteroatoms. The van der Waals surface area contributed by atoms with Gasteiger partial charge in [-0.1, -0.05) is 12.1 Å². The van der Waals surface area contributed by atoms with Gasteiger partial charge in [-0.05, 0) is 38.5 Å². The van der Waals surface area contributed by atoms with E-state index in [1.54, 1.807) is 0 Å². The topological polar surface area (TPSA) is 44.4 Å². The normalized spacial score (nSPS) is 17.2. The molecule has 1 aliphatic heterocycles. The molecule has 0 atom stereocenters. The van der Waals surface area contributed by atoms with Gasteiger partial charge in [0.05, 0.1) is 5.54 Å². The fraction of sp³-hybridized carbons (Fsp3) is 0.533. The van der Waals surface area contributed by atoms with Gasteiger partial charge in [-0.3, -0.25) is 9.69 Å². The summed E-state index contributed by atoms with van der Waals surface area (Å²) in [4.78, 5) is 14.7. The number of rotatable bonds is 3. The van der Waals surface area contributed by atoms with Crippen LogP contribution in [0.15, 0.2) is 24.3 Å². The Morgan fingerprint density at radius 3 is 2.63 bits per heavy atom. The van der Waals surface area contributed by atoms with Crippen molar-refractivity contribution in [2.24, 2.45) is 0 Å². The maximum Gasteiger partial charge on any atom is 0.244 e. The first-order chi connectivity index (χ1) is 9.00. The number of carbonyl (C=O) groups excluding carboxylic acids is 1. The average Bonchev–Trinajstić information content (AvgIpc) is 2.39. The summed E-state index contributed by atoms with van der Waals surface area (Å²) in [6.45, 7) is 9.72. The molecule has 0 saturated carbocycles. The van der Waals surface area contributed by atoms with E-state index in [1.807, 2.05) is 45.0 Å². The fourth-order valence-electron chi connectivity index (χ4n) is 2.37.